The Labute approximate surface area is 185 Å². The fourth-order valence-electron chi connectivity index (χ4n) is 3.72. The van der Waals surface area contributed by atoms with Gasteiger partial charge >= 0.3 is 0 Å². The predicted molar refractivity (Wildman–Crippen MR) is 124 cm³/mol. The molecule has 0 spiro atoms. The lowest BCUT2D eigenvalue weighted by atomic mass is 10.2. The molecule has 0 aliphatic carbocycles. The first-order chi connectivity index (χ1) is 14.9. The molecule has 1 amide bonds. The fourth-order valence-corrected chi connectivity index (χ4v) is 4.68. The number of ether oxygens (including phenoxy) is 1. The molecule has 168 valence electrons. The van der Waals surface area contributed by atoms with Crippen LogP contribution >= 0.6 is 0 Å². The molecule has 1 fully saturated rings. The Hall–Kier alpha value is -2.74. The van der Waals surface area contributed by atoms with Gasteiger partial charge in [-0.25, -0.2) is 8.42 Å². The summed E-state index contributed by atoms with van der Waals surface area (Å²) in [5.74, 6) is 0.488. The van der Waals surface area contributed by atoms with E-state index in [-0.39, 0.29) is 18.9 Å². The number of rotatable bonds is 10. The van der Waals surface area contributed by atoms with Crippen molar-refractivity contribution < 1.29 is 17.9 Å². The number of hydrogen-bond acceptors (Lipinski definition) is 5. The minimum Gasteiger partial charge on any atom is -0.497 e. The molecule has 1 saturated heterocycles. The van der Waals surface area contributed by atoms with E-state index in [1.807, 2.05) is 12.1 Å². The van der Waals surface area contributed by atoms with Crippen LogP contribution in [0.15, 0.2) is 48.5 Å². The Morgan fingerprint density at radius 3 is 2.48 bits per heavy atom. The van der Waals surface area contributed by atoms with Crippen molar-refractivity contribution in [1.29, 1.82) is 0 Å². The van der Waals surface area contributed by atoms with Gasteiger partial charge in [-0.05, 0) is 49.1 Å². The van der Waals surface area contributed by atoms with Gasteiger partial charge in [0.25, 0.3) is 0 Å². The molecule has 8 heteroatoms. The number of hydrogen-bond donors (Lipinski definition) is 1. The molecular formula is C23H31N3O4S. The van der Waals surface area contributed by atoms with Gasteiger partial charge in [-0.2, -0.15) is 0 Å². The van der Waals surface area contributed by atoms with Crippen molar-refractivity contribution >= 4 is 27.3 Å². The van der Waals surface area contributed by atoms with Crippen LogP contribution in [-0.2, 0) is 21.4 Å². The molecule has 0 radical (unpaired) electrons. The number of nitrogens with one attached hydrogen (secondary N) is 1. The lowest BCUT2D eigenvalue weighted by molar-refractivity contribution is -0.121. The van der Waals surface area contributed by atoms with Crippen LogP contribution in [0, 0.1) is 0 Å². The fraction of sp³-hybridized carbons (Fsp3) is 0.435. The molecular weight excluding hydrogens is 414 g/mol. The predicted octanol–water partition coefficient (Wildman–Crippen LogP) is 3.16. The van der Waals surface area contributed by atoms with Crippen LogP contribution in [0.3, 0.4) is 0 Å². The largest absolute Gasteiger partial charge is 0.497 e. The first kappa shape index (κ1) is 22.9. The van der Waals surface area contributed by atoms with Crippen molar-refractivity contribution in [3.8, 4) is 5.75 Å². The summed E-state index contributed by atoms with van der Waals surface area (Å²) >= 11 is 0. The van der Waals surface area contributed by atoms with Crippen molar-refractivity contribution in [3.05, 3.63) is 54.1 Å². The third-order valence-electron chi connectivity index (χ3n) is 5.40. The molecule has 2 aromatic carbocycles. The Morgan fingerprint density at radius 2 is 1.84 bits per heavy atom. The van der Waals surface area contributed by atoms with Gasteiger partial charge in [-0.15, -0.1) is 0 Å². The van der Waals surface area contributed by atoms with Crippen molar-refractivity contribution in [1.82, 2.24) is 5.32 Å². The lowest BCUT2D eigenvalue weighted by Gasteiger charge is -2.22. The molecule has 1 N–H and O–H groups in total. The summed E-state index contributed by atoms with van der Waals surface area (Å²) < 4.78 is 30.9. The summed E-state index contributed by atoms with van der Waals surface area (Å²) in [6.45, 7) is 2.90. The van der Waals surface area contributed by atoms with Gasteiger partial charge in [0.15, 0.2) is 0 Å². The quantitative estimate of drug-likeness (QED) is 0.608. The van der Waals surface area contributed by atoms with Crippen LogP contribution < -0.4 is 19.3 Å². The van der Waals surface area contributed by atoms with Crippen LogP contribution in [0.1, 0.15) is 31.2 Å². The Bertz CT molecular complexity index is 971. The monoisotopic (exact) mass is 445 g/mol. The van der Waals surface area contributed by atoms with Crippen LogP contribution in [0.4, 0.5) is 11.4 Å². The van der Waals surface area contributed by atoms with Crippen LogP contribution in [0.25, 0.3) is 0 Å². The molecule has 0 unspecified atom stereocenters. The number of nitrogens with zero attached hydrogens (tertiary/aromatic N) is 2. The zero-order valence-corrected chi connectivity index (χ0v) is 19.0. The third-order valence-corrected chi connectivity index (χ3v) is 6.60. The van der Waals surface area contributed by atoms with E-state index >= 15 is 0 Å². The minimum atomic E-state index is -3.47. The highest BCUT2D eigenvalue weighted by atomic mass is 32.2. The average molecular weight is 446 g/mol. The smallest absolute Gasteiger partial charge is 0.232 e. The Balaban J connectivity index is 1.47. The highest BCUT2D eigenvalue weighted by Crippen LogP contribution is 2.23. The van der Waals surface area contributed by atoms with Gasteiger partial charge in [0.2, 0.25) is 15.9 Å². The van der Waals surface area contributed by atoms with Gasteiger partial charge in [0.05, 0.1) is 19.1 Å². The molecule has 1 aliphatic heterocycles. The average Bonchev–Trinajstić information content (AvgIpc) is 3.30. The number of methoxy groups -OCH3 is 1. The molecule has 31 heavy (non-hydrogen) atoms. The number of sulfonamides is 1. The first-order valence-electron chi connectivity index (χ1n) is 10.6. The van der Waals surface area contributed by atoms with Gasteiger partial charge in [0, 0.05) is 44.4 Å². The zero-order valence-electron chi connectivity index (χ0n) is 18.2. The summed E-state index contributed by atoms with van der Waals surface area (Å²) in [5, 5.41) is 2.92. The summed E-state index contributed by atoms with van der Waals surface area (Å²) in [5.41, 5.74) is 2.80. The number of anilines is 2. The number of carbonyl (C=O) groups is 1. The van der Waals surface area contributed by atoms with Gasteiger partial charge in [-0.1, -0.05) is 18.2 Å². The topological polar surface area (TPSA) is 79.0 Å². The summed E-state index contributed by atoms with van der Waals surface area (Å²) in [7, 11) is -1.93. The van der Waals surface area contributed by atoms with Crippen molar-refractivity contribution in [2.45, 2.75) is 32.2 Å². The second-order valence-corrected chi connectivity index (χ2v) is 9.68. The maximum atomic E-state index is 12.3. The summed E-state index contributed by atoms with van der Waals surface area (Å²) in [6, 6.07) is 15.2. The van der Waals surface area contributed by atoms with Crippen LogP contribution in [-0.4, -0.2) is 47.3 Å². The molecule has 0 saturated carbocycles. The zero-order chi connectivity index (χ0) is 22.3. The van der Waals surface area contributed by atoms with Crippen LogP contribution in [0.2, 0.25) is 0 Å². The van der Waals surface area contributed by atoms with Crippen LogP contribution in [0.5, 0.6) is 5.75 Å². The van der Waals surface area contributed by atoms with Gasteiger partial charge in [-0.3, -0.25) is 9.10 Å². The summed E-state index contributed by atoms with van der Waals surface area (Å²) in [4.78, 5) is 14.6. The molecule has 7 nitrogen and oxygen atoms in total. The second kappa shape index (κ2) is 10.5. The van der Waals surface area contributed by atoms with Gasteiger partial charge < -0.3 is 15.0 Å². The standard InChI is InChI=1S/C23H31N3O4S/c1-30-22-8-5-7-21(17-22)26(31(2,28)29)16-6-9-23(27)24-18-19-10-12-20(13-11-19)25-14-3-4-15-25/h5,7-8,10-13,17H,3-4,6,9,14-16,18H2,1-2H3,(H,24,27). The molecule has 0 bridgehead atoms. The SMILES string of the molecule is COc1cccc(N(CCCC(=O)NCc2ccc(N3CCCC3)cc2)S(C)(=O)=O)c1. The van der Waals surface area contributed by atoms with E-state index in [4.69, 9.17) is 4.74 Å². The Kier molecular flexibility index (Phi) is 7.79. The van der Waals surface area contributed by atoms with E-state index in [2.05, 4.69) is 22.3 Å². The number of amides is 1. The number of carbonyl (C=O) groups excluding carboxylic acids is 1. The van der Waals surface area contributed by atoms with Gasteiger partial charge in [0.1, 0.15) is 5.75 Å². The number of benzene rings is 2. The van der Waals surface area contributed by atoms with E-state index in [0.29, 0.717) is 24.4 Å². The molecule has 3 rings (SSSR count). The maximum Gasteiger partial charge on any atom is 0.232 e. The molecule has 0 aromatic heterocycles. The minimum absolute atomic E-state index is 0.0947. The van der Waals surface area contributed by atoms with Crippen molar-refractivity contribution in [2.75, 3.05) is 42.2 Å². The Morgan fingerprint density at radius 1 is 1.13 bits per heavy atom. The molecule has 1 aliphatic rings. The van der Waals surface area contributed by atoms with Crippen molar-refractivity contribution in [3.63, 3.8) is 0 Å². The van der Waals surface area contributed by atoms with E-state index in [1.54, 1.807) is 24.3 Å². The third kappa shape index (κ3) is 6.62. The highest BCUT2D eigenvalue weighted by Gasteiger charge is 2.18. The highest BCUT2D eigenvalue weighted by molar-refractivity contribution is 7.92. The lowest BCUT2D eigenvalue weighted by Crippen LogP contribution is -2.32. The van der Waals surface area contributed by atoms with E-state index < -0.39 is 10.0 Å². The second-order valence-electron chi connectivity index (χ2n) is 7.78. The van der Waals surface area contributed by atoms with E-state index in [0.717, 1.165) is 18.7 Å². The summed E-state index contributed by atoms with van der Waals surface area (Å²) in [6.07, 6.45) is 4.32. The van der Waals surface area contributed by atoms with E-state index in [9.17, 15) is 13.2 Å². The first-order valence-corrected chi connectivity index (χ1v) is 12.4. The normalized spacial score (nSPS) is 13.8. The van der Waals surface area contributed by atoms with E-state index in [1.165, 1.54) is 36.2 Å². The molecule has 2 aromatic rings. The maximum absolute atomic E-state index is 12.3. The van der Waals surface area contributed by atoms with Crippen molar-refractivity contribution in [2.24, 2.45) is 0 Å². The molecule has 0 atom stereocenters. The molecule has 1 heterocycles.